The molecule has 4 rings (SSSR count). The van der Waals surface area contributed by atoms with Crippen LogP contribution < -0.4 is 4.90 Å². The average molecular weight is 268 g/mol. The van der Waals surface area contributed by atoms with E-state index in [-0.39, 0.29) is 0 Å². The van der Waals surface area contributed by atoms with E-state index in [4.69, 9.17) is 0 Å². The molecule has 0 amide bonds. The molecule has 2 fully saturated rings. The van der Waals surface area contributed by atoms with Gasteiger partial charge in [0.1, 0.15) is 12.1 Å². The summed E-state index contributed by atoms with van der Waals surface area (Å²) in [4.78, 5) is 13.7. The van der Waals surface area contributed by atoms with Crippen LogP contribution in [0, 0.1) is 5.41 Å². The second kappa shape index (κ2) is 4.42. The van der Waals surface area contributed by atoms with Crippen LogP contribution in [0.3, 0.4) is 0 Å². The molecule has 2 aliphatic heterocycles. The zero-order chi connectivity index (χ0) is 13.6. The molecule has 2 aliphatic rings. The van der Waals surface area contributed by atoms with Crippen LogP contribution in [-0.4, -0.2) is 48.1 Å². The van der Waals surface area contributed by atoms with Gasteiger partial charge in [0.05, 0.1) is 5.52 Å². The lowest BCUT2D eigenvalue weighted by Crippen LogP contribution is -2.60. The van der Waals surface area contributed by atoms with Gasteiger partial charge in [0, 0.05) is 23.9 Å². The van der Waals surface area contributed by atoms with Crippen LogP contribution in [0.15, 0.2) is 30.6 Å². The SMILES string of the molecule is CN1CCC2(CC1)CN(c1ncnc3ccccc13)C2. The summed E-state index contributed by atoms with van der Waals surface area (Å²) in [6, 6.07) is 8.30. The van der Waals surface area contributed by atoms with Crippen molar-refractivity contribution in [2.75, 3.05) is 38.1 Å². The van der Waals surface area contributed by atoms with E-state index in [2.05, 4.69) is 45.0 Å². The minimum atomic E-state index is 0.540. The third-order valence-corrected chi connectivity index (χ3v) is 4.92. The highest BCUT2D eigenvalue weighted by atomic mass is 15.3. The number of hydrogen-bond acceptors (Lipinski definition) is 4. The summed E-state index contributed by atoms with van der Waals surface area (Å²) >= 11 is 0. The molecular formula is C16H20N4. The van der Waals surface area contributed by atoms with Crippen molar-refractivity contribution in [2.24, 2.45) is 5.41 Å². The van der Waals surface area contributed by atoms with Gasteiger partial charge in [0.15, 0.2) is 0 Å². The van der Waals surface area contributed by atoms with Crippen molar-refractivity contribution in [1.82, 2.24) is 14.9 Å². The highest BCUT2D eigenvalue weighted by Gasteiger charge is 2.45. The second-order valence-electron chi connectivity index (χ2n) is 6.37. The Hall–Kier alpha value is -1.68. The minimum Gasteiger partial charge on any atom is -0.355 e. The average Bonchev–Trinajstić information content (AvgIpc) is 2.46. The summed E-state index contributed by atoms with van der Waals surface area (Å²) in [5, 5.41) is 1.18. The maximum Gasteiger partial charge on any atom is 0.139 e. The topological polar surface area (TPSA) is 32.3 Å². The van der Waals surface area contributed by atoms with E-state index in [0.717, 1.165) is 24.4 Å². The lowest BCUT2D eigenvalue weighted by Gasteiger charge is -2.54. The summed E-state index contributed by atoms with van der Waals surface area (Å²) in [5.74, 6) is 1.11. The van der Waals surface area contributed by atoms with Gasteiger partial charge in [-0.25, -0.2) is 9.97 Å². The van der Waals surface area contributed by atoms with Gasteiger partial charge in [-0.3, -0.25) is 0 Å². The highest BCUT2D eigenvalue weighted by molar-refractivity contribution is 5.89. The van der Waals surface area contributed by atoms with Crippen LogP contribution >= 0.6 is 0 Å². The Kier molecular flexibility index (Phi) is 2.67. The molecule has 4 heteroatoms. The van der Waals surface area contributed by atoms with E-state index in [9.17, 15) is 0 Å². The zero-order valence-corrected chi connectivity index (χ0v) is 11.9. The molecular weight excluding hydrogens is 248 g/mol. The number of fused-ring (bicyclic) bond motifs is 1. The Labute approximate surface area is 119 Å². The van der Waals surface area contributed by atoms with Crippen molar-refractivity contribution in [3.63, 3.8) is 0 Å². The lowest BCUT2D eigenvalue weighted by atomic mass is 9.72. The minimum absolute atomic E-state index is 0.540. The normalized spacial score (nSPS) is 22.1. The zero-order valence-electron chi connectivity index (χ0n) is 11.9. The number of para-hydroxylation sites is 1. The third-order valence-electron chi connectivity index (χ3n) is 4.92. The number of likely N-dealkylation sites (tertiary alicyclic amines) is 1. The molecule has 2 aromatic rings. The van der Waals surface area contributed by atoms with Gasteiger partial charge in [-0.15, -0.1) is 0 Å². The first-order chi connectivity index (χ1) is 9.76. The summed E-state index contributed by atoms with van der Waals surface area (Å²) in [6.45, 7) is 4.78. The number of benzene rings is 1. The molecule has 1 aromatic heterocycles. The largest absolute Gasteiger partial charge is 0.355 e. The van der Waals surface area contributed by atoms with E-state index in [1.807, 2.05) is 6.07 Å². The molecule has 0 aliphatic carbocycles. The van der Waals surface area contributed by atoms with Gasteiger partial charge < -0.3 is 9.80 Å². The molecule has 3 heterocycles. The predicted molar refractivity (Wildman–Crippen MR) is 80.9 cm³/mol. The summed E-state index contributed by atoms with van der Waals surface area (Å²) < 4.78 is 0. The first kappa shape index (κ1) is 12.1. The number of rotatable bonds is 1. The number of hydrogen-bond donors (Lipinski definition) is 0. The van der Waals surface area contributed by atoms with Crippen molar-refractivity contribution in [1.29, 1.82) is 0 Å². The van der Waals surface area contributed by atoms with E-state index >= 15 is 0 Å². The second-order valence-corrected chi connectivity index (χ2v) is 6.37. The fourth-order valence-corrected chi connectivity index (χ4v) is 3.56. The number of piperidine rings is 1. The maximum atomic E-state index is 4.53. The summed E-state index contributed by atoms with van der Waals surface area (Å²) in [6.07, 6.45) is 4.34. The Morgan fingerprint density at radius 3 is 2.60 bits per heavy atom. The van der Waals surface area contributed by atoms with E-state index in [1.165, 1.54) is 31.3 Å². The van der Waals surface area contributed by atoms with Crippen LogP contribution in [0.4, 0.5) is 5.82 Å². The molecule has 1 spiro atoms. The van der Waals surface area contributed by atoms with E-state index < -0.39 is 0 Å². The molecule has 0 atom stereocenters. The monoisotopic (exact) mass is 268 g/mol. The standard InChI is InChI=1S/C16H20N4/c1-19-8-6-16(7-9-19)10-20(11-16)15-13-4-2-3-5-14(13)17-12-18-15/h2-5,12H,6-11H2,1H3. The number of anilines is 1. The van der Waals surface area contributed by atoms with Gasteiger partial charge in [-0.05, 0) is 45.1 Å². The first-order valence-corrected chi connectivity index (χ1v) is 7.39. The highest BCUT2D eigenvalue weighted by Crippen LogP contribution is 2.42. The van der Waals surface area contributed by atoms with Gasteiger partial charge in [0.25, 0.3) is 0 Å². The van der Waals surface area contributed by atoms with Crippen molar-refractivity contribution < 1.29 is 0 Å². The molecule has 104 valence electrons. The Morgan fingerprint density at radius 2 is 1.80 bits per heavy atom. The molecule has 0 N–H and O–H groups in total. The summed E-state index contributed by atoms with van der Waals surface area (Å²) in [7, 11) is 2.22. The molecule has 0 bridgehead atoms. The summed E-state index contributed by atoms with van der Waals surface area (Å²) in [5.41, 5.74) is 1.58. The fourth-order valence-electron chi connectivity index (χ4n) is 3.56. The molecule has 2 saturated heterocycles. The third kappa shape index (κ3) is 1.86. The Bertz CT molecular complexity index is 618. The van der Waals surface area contributed by atoms with Crippen molar-refractivity contribution in [3.05, 3.63) is 30.6 Å². The van der Waals surface area contributed by atoms with Crippen molar-refractivity contribution in [2.45, 2.75) is 12.8 Å². The molecule has 0 unspecified atom stereocenters. The van der Waals surface area contributed by atoms with Crippen LogP contribution in [0.2, 0.25) is 0 Å². The lowest BCUT2D eigenvalue weighted by molar-refractivity contribution is 0.0902. The molecule has 4 nitrogen and oxygen atoms in total. The molecule has 0 radical (unpaired) electrons. The molecule has 20 heavy (non-hydrogen) atoms. The van der Waals surface area contributed by atoms with Crippen LogP contribution in [0.5, 0.6) is 0 Å². The maximum absolute atomic E-state index is 4.53. The van der Waals surface area contributed by atoms with Gasteiger partial charge >= 0.3 is 0 Å². The fraction of sp³-hybridized carbons (Fsp3) is 0.500. The predicted octanol–water partition coefficient (Wildman–Crippen LogP) is 2.16. The quantitative estimate of drug-likeness (QED) is 0.793. The van der Waals surface area contributed by atoms with Gasteiger partial charge in [0.2, 0.25) is 0 Å². The molecule has 1 aromatic carbocycles. The Balaban J connectivity index is 1.58. The molecule has 0 saturated carbocycles. The number of aromatic nitrogens is 2. The van der Waals surface area contributed by atoms with Crippen LogP contribution in [0.25, 0.3) is 10.9 Å². The van der Waals surface area contributed by atoms with Gasteiger partial charge in [-0.2, -0.15) is 0 Å². The van der Waals surface area contributed by atoms with Crippen LogP contribution in [0.1, 0.15) is 12.8 Å². The van der Waals surface area contributed by atoms with Crippen LogP contribution in [-0.2, 0) is 0 Å². The van der Waals surface area contributed by atoms with Crippen molar-refractivity contribution >= 4 is 16.7 Å². The van der Waals surface area contributed by atoms with E-state index in [0.29, 0.717) is 5.41 Å². The van der Waals surface area contributed by atoms with Crippen molar-refractivity contribution in [3.8, 4) is 0 Å². The van der Waals surface area contributed by atoms with E-state index in [1.54, 1.807) is 6.33 Å². The number of nitrogens with zero attached hydrogens (tertiary/aromatic N) is 4. The van der Waals surface area contributed by atoms with Gasteiger partial charge in [-0.1, -0.05) is 12.1 Å². The smallest absolute Gasteiger partial charge is 0.139 e. The Morgan fingerprint density at radius 1 is 1.05 bits per heavy atom. The first-order valence-electron chi connectivity index (χ1n) is 7.39.